The number of allylic oxidation sites excluding steroid dienone is 2. The maximum absolute atomic E-state index is 14.3. The molecule has 5 nitrogen and oxygen atoms in total. The van der Waals surface area contributed by atoms with E-state index in [0.29, 0.717) is 16.9 Å². The van der Waals surface area contributed by atoms with Crippen LogP contribution < -0.4 is 4.74 Å². The fraction of sp³-hybridized carbons (Fsp3) is 0.286. The van der Waals surface area contributed by atoms with E-state index in [2.05, 4.69) is 10.0 Å². The summed E-state index contributed by atoms with van der Waals surface area (Å²) in [5.74, 6) is -0.424. The van der Waals surface area contributed by atoms with Gasteiger partial charge in [0, 0.05) is 12.0 Å². The van der Waals surface area contributed by atoms with Gasteiger partial charge in [-0.3, -0.25) is 0 Å². The van der Waals surface area contributed by atoms with Gasteiger partial charge in [-0.1, -0.05) is 12.1 Å². The second kappa shape index (κ2) is 5.95. The van der Waals surface area contributed by atoms with Gasteiger partial charge in [-0.2, -0.15) is 0 Å². The summed E-state index contributed by atoms with van der Waals surface area (Å²) >= 11 is 0. The van der Waals surface area contributed by atoms with Crippen molar-refractivity contribution in [3.63, 3.8) is 0 Å². The molecule has 0 saturated heterocycles. The van der Waals surface area contributed by atoms with Crippen molar-refractivity contribution >= 4 is 5.57 Å². The number of nitrogens with zero attached hydrogens (tertiary/aromatic N) is 3. The molecule has 0 radical (unpaired) electrons. The number of ether oxygens (including phenoxy) is 2. The second-order valence-corrected chi connectivity index (χ2v) is 4.34. The summed E-state index contributed by atoms with van der Waals surface area (Å²) in [6, 6.07) is 6.77. The first-order valence-electron chi connectivity index (χ1n) is 6.06. The first-order chi connectivity index (χ1) is 10.1. The Bertz CT molecular complexity index is 653. The second-order valence-electron chi connectivity index (χ2n) is 4.34. The van der Waals surface area contributed by atoms with Crippen LogP contribution in [0.5, 0.6) is 5.75 Å². The van der Waals surface area contributed by atoms with Gasteiger partial charge in [0.2, 0.25) is 5.72 Å². The van der Waals surface area contributed by atoms with Crippen molar-refractivity contribution in [2.75, 3.05) is 14.2 Å². The molecule has 1 aromatic carbocycles. The van der Waals surface area contributed by atoms with Gasteiger partial charge in [0.1, 0.15) is 11.6 Å². The van der Waals surface area contributed by atoms with Crippen molar-refractivity contribution in [1.29, 1.82) is 0 Å². The Labute approximate surface area is 120 Å². The minimum atomic E-state index is -2.28. The third-order valence-electron chi connectivity index (χ3n) is 3.23. The van der Waals surface area contributed by atoms with Crippen LogP contribution in [-0.4, -0.2) is 26.1 Å². The third kappa shape index (κ3) is 2.61. The SMILES string of the molecule is COc1cccc(C2=CC(F)C(N=[N+]=[N-])(OC)C(F)=C2)c1. The van der Waals surface area contributed by atoms with Gasteiger partial charge in [0.25, 0.3) is 0 Å². The van der Waals surface area contributed by atoms with E-state index < -0.39 is 17.7 Å². The molecule has 0 heterocycles. The molecule has 1 aliphatic rings. The van der Waals surface area contributed by atoms with Crippen LogP contribution in [0, 0.1) is 0 Å². The maximum atomic E-state index is 14.3. The summed E-state index contributed by atoms with van der Waals surface area (Å²) in [5.41, 5.74) is 7.10. The van der Waals surface area contributed by atoms with Gasteiger partial charge in [-0.05, 0) is 46.1 Å². The number of alkyl halides is 1. The number of rotatable bonds is 4. The van der Waals surface area contributed by atoms with Gasteiger partial charge in [0.15, 0.2) is 6.17 Å². The quantitative estimate of drug-likeness (QED) is 0.479. The van der Waals surface area contributed by atoms with Crippen molar-refractivity contribution in [2.45, 2.75) is 11.9 Å². The molecule has 1 aromatic rings. The van der Waals surface area contributed by atoms with Crippen LogP contribution in [0.3, 0.4) is 0 Å². The molecule has 0 N–H and O–H groups in total. The summed E-state index contributed by atoms with van der Waals surface area (Å²) in [4.78, 5) is 2.46. The Morgan fingerprint density at radius 1 is 1.38 bits per heavy atom. The highest BCUT2D eigenvalue weighted by atomic mass is 19.1. The fourth-order valence-electron chi connectivity index (χ4n) is 2.09. The Morgan fingerprint density at radius 2 is 2.14 bits per heavy atom. The first-order valence-corrected chi connectivity index (χ1v) is 6.06. The van der Waals surface area contributed by atoms with Crippen LogP contribution in [0.25, 0.3) is 16.0 Å². The summed E-state index contributed by atoms with van der Waals surface area (Å²) in [6.45, 7) is 0. The largest absolute Gasteiger partial charge is 0.497 e. The van der Waals surface area contributed by atoms with Crippen LogP contribution in [0.4, 0.5) is 8.78 Å². The molecule has 0 spiro atoms. The van der Waals surface area contributed by atoms with Crippen LogP contribution >= 0.6 is 0 Å². The van der Waals surface area contributed by atoms with E-state index in [9.17, 15) is 8.78 Å². The summed E-state index contributed by atoms with van der Waals surface area (Å²) in [7, 11) is 2.58. The molecular formula is C14H13F2N3O2. The highest BCUT2D eigenvalue weighted by Gasteiger charge is 2.45. The van der Waals surface area contributed by atoms with E-state index in [1.807, 2.05) is 0 Å². The van der Waals surface area contributed by atoms with Crippen molar-refractivity contribution in [2.24, 2.45) is 5.11 Å². The molecule has 0 saturated carbocycles. The first kappa shape index (κ1) is 15.0. The molecule has 21 heavy (non-hydrogen) atoms. The zero-order chi connectivity index (χ0) is 15.5. The standard InChI is InChI=1S/C14H13F2N3O2/c1-20-11-5-3-4-9(6-11)10-7-12(15)14(21-2,18-19-17)13(16)8-10/h3-8,12H,1-2H3. The van der Waals surface area contributed by atoms with Crippen LogP contribution in [0.1, 0.15) is 5.56 Å². The predicted octanol–water partition coefficient (Wildman–Crippen LogP) is 3.94. The summed E-state index contributed by atoms with van der Waals surface area (Å²) in [6.07, 6.45) is 0.295. The minimum Gasteiger partial charge on any atom is -0.497 e. The van der Waals surface area contributed by atoms with Gasteiger partial charge < -0.3 is 9.47 Å². The highest BCUT2D eigenvalue weighted by Crippen LogP contribution is 2.39. The van der Waals surface area contributed by atoms with E-state index in [0.717, 1.165) is 19.3 Å². The van der Waals surface area contributed by atoms with E-state index >= 15 is 0 Å². The molecule has 0 bridgehead atoms. The Morgan fingerprint density at radius 3 is 2.71 bits per heavy atom. The molecule has 0 fully saturated rings. The summed E-state index contributed by atoms with van der Waals surface area (Å²) < 4.78 is 38.3. The molecule has 0 aromatic heterocycles. The number of hydrogen-bond acceptors (Lipinski definition) is 3. The van der Waals surface area contributed by atoms with E-state index in [-0.39, 0.29) is 0 Å². The van der Waals surface area contributed by atoms with Gasteiger partial charge in [-0.25, -0.2) is 8.78 Å². The Kier molecular flexibility index (Phi) is 4.26. The topological polar surface area (TPSA) is 67.2 Å². The van der Waals surface area contributed by atoms with Crippen molar-refractivity contribution in [1.82, 2.24) is 0 Å². The lowest BCUT2D eigenvalue weighted by Crippen LogP contribution is -2.41. The van der Waals surface area contributed by atoms with Gasteiger partial charge in [-0.15, -0.1) is 0 Å². The zero-order valence-electron chi connectivity index (χ0n) is 11.5. The van der Waals surface area contributed by atoms with Crippen LogP contribution in [-0.2, 0) is 4.74 Å². The molecular weight excluding hydrogens is 280 g/mol. The lowest BCUT2D eigenvalue weighted by molar-refractivity contribution is -0.0361. The average molecular weight is 293 g/mol. The molecule has 2 rings (SSSR count). The zero-order valence-corrected chi connectivity index (χ0v) is 11.5. The predicted molar refractivity (Wildman–Crippen MR) is 73.9 cm³/mol. The molecule has 110 valence electrons. The fourth-order valence-corrected chi connectivity index (χ4v) is 2.09. The Balaban J connectivity index is 2.46. The molecule has 2 atom stereocenters. The van der Waals surface area contributed by atoms with Gasteiger partial charge >= 0.3 is 0 Å². The average Bonchev–Trinajstić information content (AvgIpc) is 2.50. The van der Waals surface area contributed by atoms with Crippen molar-refractivity contribution in [3.05, 3.63) is 58.3 Å². The number of methoxy groups -OCH3 is 2. The summed E-state index contributed by atoms with van der Waals surface area (Å²) in [5, 5.41) is 3.13. The third-order valence-corrected chi connectivity index (χ3v) is 3.23. The van der Waals surface area contributed by atoms with E-state index in [1.54, 1.807) is 24.3 Å². The lowest BCUT2D eigenvalue weighted by Gasteiger charge is -2.30. The van der Waals surface area contributed by atoms with Gasteiger partial charge in [0.05, 0.1) is 7.11 Å². The minimum absolute atomic E-state index is 0.319. The number of benzene rings is 1. The molecule has 2 unspecified atom stereocenters. The van der Waals surface area contributed by atoms with Crippen LogP contribution in [0.15, 0.2) is 47.4 Å². The normalized spacial score (nSPS) is 24.7. The maximum Gasteiger partial charge on any atom is 0.232 e. The number of hydrogen-bond donors (Lipinski definition) is 0. The highest BCUT2D eigenvalue weighted by molar-refractivity contribution is 5.77. The van der Waals surface area contributed by atoms with Crippen molar-refractivity contribution < 1.29 is 18.3 Å². The van der Waals surface area contributed by atoms with Crippen LogP contribution in [0.2, 0.25) is 0 Å². The Hall–Kier alpha value is -2.37. The molecule has 7 heteroatoms. The molecule has 0 aliphatic heterocycles. The number of halogens is 2. The van der Waals surface area contributed by atoms with Crippen molar-refractivity contribution in [3.8, 4) is 5.75 Å². The smallest absolute Gasteiger partial charge is 0.232 e. The lowest BCUT2D eigenvalue weighted by atomic mass is 9.92. The molecule has 0 amide bonds. The molecule has 1 aliphatic carbocycles. The van der Waals surface area contributed by atoms with E-state index in [4.69, 9.17) is 15.0 Å². The monoisotopic (exact) mass is 293 g/mol. The van der Waals surface area contributed by atoms with E-state index in [1.165, 1.54) is 7.11 Å². The number of azide groups is 1.